The van der Waals surface area contributed by atoms with Crippen molar-refractivity contribution in [2.45, 2.75) is 51.6 Å². The lowest BCUT2D eigenvalue weighted by molar-refractivity contribution is 0.0639. The molecular formula is C22H27N7O3. The first-order chi connectivity index (χ1) is 15.3. The van der Waals surface area contributed by atoms with Gasteiger partial charge in [-0.2, -0.15) is 0 Å². The Morgan fingerprint density at radius 3 is 2.62 bits per heavy atom. The van der Waals surface area contributed by atoms with Crippen LogP contribution in [0.25, 0.3) is 11.1 Å². The molecule has 3 aromatic heterocycles. The van der Waals surface area contributed by atoms with Gasteiger partial charge in [0.1, 0.15) is 23.7 Å². The van der Waals surface area contributed by atoms with E-state index in [1.54, 1.807) is 19.3 Å². The van der Waals surface area contributed by atoms with Gasteiger partial charge in [-0.25, -0.2) is 19.9 Å². The molecule has 10 nitrogen and oxygen atoms in total. The van der Waals surface area contributed by atoms with E-state index in [1.807, 2.05) is 0 Å². The van der Waals surface area contributed by atoms with Gasteiger partial charge in [0.05, 0.1) is 42.1 Å². The van der Waals surface area contributed by atoms with Gasteiger partial charge >= 0.3 is 0 Å². The SMILES string of the molecule is Cc1oc2ncnc(NC3(C)CC3)c2c1C(=O)Nc1cnc(N2CCOCC2(C)C)cn1. The third-order valence-electron chi connectivity index (χ3n) is 6.11. The molecule has 3 aromatic rings. The molecule has 0 bridgehead atoms. The summed E-state index contributed by atoms with van der Waals surface area (Å²) in [6.07, 6.45) is 6.79. The number of fused-ring (bicyclic) bond motifs is 1. The Bertz CT molecular complexity index is 1170. The molecule has 1 saturated carbocycles. The standard InChI is InChI=1S/C22H27N7O3/c1-13-16(17-18(28-22(4)5-6-22)25-12-26-20(17)32-13)19(30)27-14-9-24-15(10-23-14)29-7-8-31-11-21(29,2)3/h9-10,12H,5-8,11H2,1-4H3,(H,23,27,30)(H,25,26,28). The van der Waals surface area contributed by atoms with Gasteiger partial charge in [-0.3, -0.25) is 4.79 Å². The number of aromatic nitrogens is 4. The molecule has 0 radical (unpaired) electrons. The van der Waals surface area contributed by atoms with Gasteiger partial charge in [-0.1, -0.05) is 0 Å². The van der Waals surface area contributed by atoms with Gasteiger partial charge < -0.3 is 24.7 Å². The maximum atomic E-state index is 13.2. The second-order valence-corrected chi connectivity index (χ2v) is 9.35. The highest BCUT2D eigenvalue weighted by molar-refractivity contribution is 6.15. The van der Waals surface area contributed by atoms with Crippen LogP contribution in [-0.4, -0.2) is 56.7 Å². The lowest BCUT2D eigenvalue weighted by Gasteiger charge is -2.42. The van der Waals surface area contributed by atoms with E-state index in [1.165, 1.54) is 6.33 Å². The van der Waals surface area contributed by atoms with Crippen LogP contribution < -0.4 is 15.5 Å². The Labute approximate surface area is 185 Å². The molecular weight excluding hydrogens is 410 g/mol. The van der Waals surface area contributed by atoms with Crippen LogP contribution in [0.2, 0.25) is 0 Å². The lowest BCUT2D eigenvalue weighted by atomic mass is 10.0. The van der Waals surface area contributed by atoms with E-state index in [0.717, 1.165) is 25.2 Å². The minimum Gasteiger partial charge on any atom is -0.442 e. The van der Waals surface area contributed by atoms with Crippen molar-refractivity contribution in [3.8, 4) is 0 Å². The molecule has 2 aliphatic rings. The minimum absolute atomic E-state index is 0.00518. The topological polar surface area (TPSA) is 118 Å². The highest BCUT2D eigenvalue weighted by Crippen LogP contribution is 2.40. The molecule has 32 heavy (non-hydrogen) atoms. The normalized spacial score (nSPS) is 19.1. The molecule has 1 aliphatic heterocycles. The number of morpholine rings is 1. The smallest absolute Gasteiger partial charge is 0.261 e. The third kappa shape index (κ3) is 3.75. The number of furan rings is 1. The number of carbonyl (C=O) groups is 1. The summed E-state index contributed by atoms with van der Waals surface area (Å²) in [5.41, 5.74) is 0.596. The van der Waals surface area contributed by atoms with E-state index in [-0.39, 0.29) is 17.0 Å². The first-order valence-corrected chi connectivity index (χ1v) is 10.8. The third-order valence-corrected chi connectivity index (χ3v) is 6.11. The van der Waals surface area contributed by atoms with Crippen LogP contribution in [0.1, 0.15) is 49.7 Å². The molecule has 5 rings (SSSR count). The zero-order valence-electron chi connectivity index (χ0n) is 18.7. The molecule has 2 fully saturated rings. The summed E-state index contributed by atoms with van der Waals surface area (Å²) in [6.45, 7) is 10.1. The van der Waals surface area contributed by atoms with Crippen molar-refractivity contribution in [1.29, 1.82) is 0 Å². The van der Waals surface area contributed by atoms with Crippen molar-refractivity contribution in [3.63, 3.8) is 0 Å². The van der Waals surface area contributed by atoms with Crippen LogP contribution >= 0.6 is 0 Å². The number of amides is 1. The highest BCUT2D eigenvalue weighted by Gasteiger charge is 2.38. The Hall–Kier alpha value is -3.27. The minimum atomic E-state index is -0.339. The number of hydrogen-bond acceptors (Lipinski definition) is 9. The molecule has 1 aliphatic carbocycles. The van der Waals surface area contributed by atoms with Crippen molar-refractivity contribution in [2.75, 3.05) is 35.3 Å². The number of anilines is 3. The predicted octanol–water partition coefficient (Wildman–Crippen LogP) is 3.15. The lowest BCUT2D eigenvalue weighted by Crippen LogP contribution is -2.53. The Morgan fingerprint density at radius 2 is 1.94 bits per heavy atom. The Morgan fingerprint density at radius 1 is 1.12 bits per heavy atom. The quantitative estimate of drug-likeness (QED) is 0.620. The van der Waals surface area contributed by atoms with E-state index in [4.69, 9.17) is 9.15 Å². The zero-order chi connectivity index (χ0) is 22.5. The molecule has 1 saturated heterocycles. The fraction of sp³-hybridized carbons (Fsp3) is 0.500. The van der Waals surface area contributed by atoms with Crippen LogP contribution in [0.3, 0.4) is 0 Å². The first kappa shape index (κ1) is 20.6. The van der Waals surface area contributed by atoms with Crippen molar-refractivity contribution in [3.05, 3.63) is 30.0 Å². The molecule has 4 heterocycles. The van der Waals surface area contributed by atoms with Crippen molar-refractivity contribution >= 4 is 34.5 Å². The number of hydrogen-bond donors (Lipinski definition) is 2. The summed E-state index contributed by atoms with van der Waals surface area (Å²) in [5, 5.41) is 6.84. The van der Waals surface area contributed by atoms with Crippen LogP contribution in [0.5, 0.6) is 0 Å². The second-order valence-electron chi connectivity index (χ2n) is 9.35. The van der Waals surface area contributed by atoms with E-state index < -0.39 is 0 Å². The number of nitrogens with zero attached hydrogens (tertiary/aromatic N) is 5. The Kier molecular flexibility index (Phi) is 4.77. The van der Waals surface area contributed by atoms with Crippen molar-refractivity contribution < 1.29 is 13.9 Å². The van der Waals surface area contributed by atoms with Crippen LogP contribution in [-0.2, 0) is 4.74 Å². The van der Waals surface area contributed by atoms with Gasteiger partial charge in [0.2, 0.25) is 5.71 Å². The molecule has 0 spiro atoms. The molecule has 2 N–H and O–H groups in total. The fourth-order valence-electron chi connectivity index (χ4n) is 4.00. The van der Waals surface area contributed by atoms with E-state index >= 15 is 0 Å². The van der Waals surface area contributed by atoms with Crippen molar-refractivity contribution in [2.24, 2.45) is 0 Å². The summed E-state index contributed by atoms with van der Waals surface area (Å²) in [5.74, 6) is 1.85. The molecule has 1 amide bonds. The summed E-state index contributed by atoms with van der Waals surface area (Å²) >= 11 is 0. The zero-order valence-corrected chi connectivity index (χ0v) is 18.7. The maximum Gasteiger partial charge on any atom is 0.261 e. The number of carbonyl (C=O) groups excluding carboxylic acids is 1. The number of ether oxygens (including phenoxy) is 1. The molecule has 168 valence electrons. The number of rotatable bonds is 5. The summed E-state index contributed by atoms with van der Waals surface area (Å²) < 4.78 is 11.3. The monoisotopic (exact) mass is 437 g/mol. The number of aryl methyl sites for hydroxylation is 1. The first-order valence-electron chi connectivity index (χ1n) is 10.8. The highest BCUT2D eigenvalue weighted by atomic mass is 16.5. The van der Waals surface area contributed by atoms with Gasteiger partial charge in [0.15, 0.2) is 5.82 Å². The van der Waals surface area contributed by atoms with Gasteiger partial charge in [-0.15, -0.1) is 0 Å². The average molecular weight is 438 g/mol. The maximum absolute atomic E-state index is 13.2. The van der Waals surface area contributed by atoms with Gasteiger partial charge in [0, 0.05) is 12.1 Å². The number of nitrogens with one attached hydrogen (secondary N) is 2. The van der Waals surface area contributed by atoms with Gasteiger partial charge in [-0.05, 0) is 40.5 Å². The Balaban J connectivity index is 1.40. The van der Waals surface area contributed by atoms with Gasteiger partial charge in [0.25, 0.3) is 5.91 Å². The summed E-state index contributed by atoms with van der Waals surface area (Å²) in [6, 6.07) is 0. The van der Waals surface area contributed by atoms with Crippen molar-refractivity contribution in [1.82, 2.24) is 19.9 Å². The predicted molar refractivity (Wildman–Crippen MR) is 120 cm³/mol. The van der Waals surface area contributed by atoms with Crippen LogP contribution in [0.15, 0.2) is 23.1 Å². The van der Waals surface area contributed by atoms with E-state index in [0.29, 0.717) is 47.3 Å². The molecule has 0 unspecified atom stereocenters. The molecule has 0 atom stereocenters. The van der Waals surface area contributed by atoms with E-state index in [9.17, 15) is 4.79 Å². The molecule has 10 heteroatoms. The summed E-state index contributed by atoms with van der Waals surface area (Å²) in [4.78, 5) is 32.9. The largest absolute Gasteiger partial charge is 0.442 e. The second kappa shape index (κ2) is 7.40. The van der Waals surface area contributed by atoms with Crippen LogP contribution in [0, 0.1) is 6.92 Å². The van der Waals surface area contributed by atoms with E-state index in [2.05, 4.69) is 56.2 Å². The summed E-state index contributed by atoms with van der Waals surface area (Å²) in [7, 11) is 0. The molecule has 0 aromatic carbocycles. The fourth-order valence-corrected chi connectivity index (χ4v) is 4.00. The van der Waals surface area contributed by atoms with Crippen LogP contribution in [0.4, 0.5) is 17.5 Å². The average Bonchev–Trinajstić information content (AvgIpc) is 3.36.